The van der Waals surface area contributed by atoms with Gasteiger partial charge in [-0.1, -0.05) is 23.2 Å². The molecule has 1 nitrogen and oxygen atoms in total. The van der Waals surface area contributed by atoms with E-state index >= 15 is 0 Å². The van der Waals surface area contributed by atoms with Crippen LogP contribution in [0, 0.1) is 13.8 Å². The Labute approximate surface area is 119 Å². The van der Waals surface area contributed by atoms with Crippen molar-refractivity contribution in [2.75, 3.05) is 7.05 Å². The summed E-state index contributed by atoms with van der Waals surface area (Å²) < 4.78 is 1.50. The molecule has 0 radical (unpaired) electrons. The van der Waals surface area contributed by atoms with Crippen LogP contribution in [0.1, 0.15) is 26.9 Å². The van der Waals surface area contributed by atoms with Crippen LogP contribution in [0.5, 0.6) is 0 Å². The lowest BCUT2D eigenvalue weighted by atomic mass is 10.1. The lowest BCUT2D eigenvalue weighted by Gasteiger charge is -2.15. The molecular formula is C12H13Cl2NS2. The predicted octanol–water partition coefficient (Wildman–Crippen LogP) is 5.04. The maximum atomic E-state index is 6.23. The summed E-state index contributed by atoms with van der Waals surface area (Å²) in [5.74, 6) is 0. The molecule has 0 saturated carbocycles. The van der Waals surface area contributed by atoms with Gasteiger partial charge < -0.3 is 5.32 Å². The molecule has 2 aromatic heterocycles. The van der Waals surface area contributed by atoms with Crippen molar-refractivity contribution in [2.45, 2.75) is 19.9 Å². The van der Waals surface area contributed by atoms with Gasteiger partial charge in [0.25, 0.3) is 0 Å². The van der Waals surface area contributed by atoms with Gasteiger partial charge in [-0.3, -0.25) is 0 Å². The Hall–Kier alpha value is -0.0600. The molecule has 1 unspecified atom stereocenters. The van der Waals surface area contributed by atoms with Crippen LogP contribution in [0.3, 0.4) is 0 Å². The molecule has 0 fully saturated rings. The van der Waals surface area contributed by atoms with Crippen molar-refractivity contribution in [3.63, 3.8) is 0 Å². The molecule has 2 rings (SSSR count). The maximum Gasteiger partial charge on any atom is 0.0995 e. The zero-order valence-electron chi connectivity index (χ0n) is 9.80. The second kappa shape index (κ2) is 5.29. The van der Waals surface area contributed by atoms with E-state index in [0.717, 1.165) is 14.2 Å². The molecule has 5 heteroatoms. The van der Waals surface area contributed by atoms with Crippen molar-refractivity contribution < 1.29 is 0 Å². The van der Waals surface area contributed by atoms with Crippen LogP contribution >= 0.6 is 45.9 Å². The van der Waals surface area contributed by atoms with Gasteiger partial charge in [-0.15, -0.1) is 22.7 Å². The number of aryl methyl sites for hydroxylation is 2. The molecule has 0 amide bonds. The van der Waals surface area contributed by atoms with E-state index < -0.39 is 0 Å². The van der Waals surface area contributed by atoms with Crippen molar-refractivity contribution in [2.24, 2.45) is 0 Å². The van der Waals surface area contributed by atoms with Gasteiger partial charge in [-0.25, -0.2) is 0 Å². The zero-order chi connectivity index (χ0) is 12.6. The van der Waals surface area contributed by atoms with Crippen LogP contribution in [0.25, 0.3) is 0 Å². The predicted molar refractivity (Wildman–Crippen MR) is 79.0 cm³/mol. The van der Waals surface area contributed by atoms with Crippen LogP contribution in [-0.2, 0) is 0 Å². The normalized spacial score (nSPS) is 13.0. The standard InChI is InChI=1S/C12H13Cl2NS2/c1-6-4-7(2)16-11(6)10(15-3)8-5-9(13)17-12(8)14/h4-5,10,15H,1-3H3. The van der Waals surface area contributed by atoms with Gasteiger partial charge in [0.05, 0.1) is 14.7 Å². The monoisotopic (exact) mass is 305 g/mol. The third kappa shape index (κ3) is 2.69. The number of thiophene rings is 2. The third-order valence-corrected chi connectivity index (χ3v) is 5.36. The summed E-state index contributed by atoms with van der Waals surface area (Å²) in [4.78, 5) is 2.62. The fourth-order valence-electron chi connectivity index (χ4n) is 1.92. The highest BCUT2D eigenvalue weighted by atomic mass is 35.5. The molecule has 2 heterocycles. The van der Waals surface area contributed by atoms with Crippen molar-refractivity contribution >= 4 is 45.9 Å². The van der Waals surface area contributed by atoms with E-state index in [-0.39, 0.29) is 6.04 Å². The van der Waals surface area contributed by atoms with E-state index in [4.69, 9.17) is 23.2 Å². The number of halogens is 2. The van der Waals surface area contributed by atoms with E-state index in [2.05, 4.69) is 25.2 Å². The molecule has 0 aliphatic carbocycles. The fourth-order valence-corrected chi connectivity index (χ4v) is 4.62. The first kappa shape index (κ1) is 13.4. The summed E-state index contributed by atoms with van der Waals surface area (Å²) in [6.45, 7) is 4.25. The number of rotatable bonds is 3. The molecule has 0 spiro atoms. The minimum absolute atomic E-state index is 0.130. The van der Waals surface area contributed by atoms with Crippen molar-refractivity contribution in [3.8, 4) is 0 Å². The van der Waals surface area contributed by atoms with E-state index in [1.165, 1.54) is 26.7 Å². The molecule has 0 aliphatic heterocycles. The Morgan fingerprint density at radius 3 is 2.29 bits per heavy atom. The van der Waals surface area contributed by atoms with Gasteiger partial charge in [0, 0.05) is 15.3 Å². The molecule has 1 atom stereocenters. The lowest BCUT2D eigenvalue weighted by molar-refractivity contribution is 0.703. The Kier molecular flexibility index (Phi) is 4.16. The molecule has 1 N–H and O–H groups in total. The van der Waals surface area contributed by atoms with E-state index in [9.17, 15) is 0 Å². The van der Waals surface area contributed by atoms with Crippen molar-refractivity contribution in [1.82, 2.24) is 5.32 Å². The van der Waals surface area contributed by atoms with Gasteiger partial charge in [0.15, 0.2) is 0 Å². The summed E-state index contributed by atoms with van der Waals surface area (Å²) in [5.41, 5.74) is 2.36. The average molecular weight is 306 g/mol. The van der Waals surface area contributed by atoms with Crippen LogP contribution in [0.4, 0.5) is 0 Å². The first-order chi connectivity index (χ1) is 8.02. The second-order valence-electron chi connectivity index (χ2n) is 3.91. The summed E-state index contributed by atoms with van der Waals surface area (Å²) in [6, 6.07) is 4.28. The molecular weight excluding hydrogens is 293 g/mol. The minimum atomic E-state index is 0.130. The quantitative estimate of drug-likeness (QED) is 0.837. The van der Waals surface area contributed by atoms with Crippen LogP contribution in [0.15, 0.2) is 12.1 Å². The van der Waals surface area contributed by atoms with E-state index in [1.54, 1.807) is 11.3 Å². The van der Waals surface area contributed by atoms with Crippen LogP contribution in [0.2, 0.25) is 8.67 Å². The molecule has 92 valence electrons. The topological polar surface area (TPSA) is 12.0 Å². The smallest absolute Gasteiger partial charge is 0.0995 e. The largest absolute Gasteiger partial charge is 0.309 e. The fraction of sp³-hybridized carbons (Fsp3) is 0.333. The van der Waals surface area contributed by atoms with Gasteiger partial charge in [0.1, 0.15) is 0 Å². The molecule has 0 aliphatic rings. The number of hydrogen-bond donors (Lipinski definition) is 1. The van der Waals surface area contributed by atoms with Crippen molar-refractivity contribution in [3.05, 3.63) is 41.7 Å². The van der Waals surface area contributed by atoms with Crippen LogP contribution in [-0.4, -0.2) is 7.05 Å². The molecule has 0 saturated heterocycles. The Balaban J connectivity index is 2.47. The highest BCUT2D eigenvalue weighted by Gasteiger charge is 2.21. The molecule has 0 aromatic carbocycles. The third-order valence-electron chi connectivity index (χ3n) is 2.62. The average Bonchev–Trinajstić information content (AvgIpc) is 2.73. The summed E-state index contributed by atoms with van der Waals surface area (Å²) in [6.07, 6.45) is 0. The molecule has 17 heavy (non-hydrogen) atoms. The summed E-state index contributed by atoms with van der Waals surface area (Å²) in [7, 11) is 1.95. The SMILES string of the molecule is CNC(c1cc(Cl)sc1Cl)c1sc(C)cc1C. The first-order valence-corrected chi connectivity index (χ1v) is 7.60. The minimum Gasteiger partial charge on any atom is -0.309 e. The number of nitrogens with one attached hydrogen (secondary N) is 1. The Morgan fingerprint density at radius 1 is 1.18 bits per heavy atom. The van der Waals surface area contributed by atoms with E-state index in [1.807, 2.05) is 13.1 Å². The van der Waals surface area contributed by atoms with Gasteiger partial charge in [0.2, 0.25) is 0 Å². The second-order valence-corrected chi connectivity index (χ2v) is 7.48. The number of hydrogen-bond acceptors (Lipinski definition) is 3. The lowest BCUT2D eigenvalue weighted by Crippen LogP contribution is -2.16. The highest BCUT2D eigenvalue weighted by Crippen LogP contribution is 2.40. The summed E-state index contributed by atoms with van der Waals surface area (Å²) >= 11 is 15.5. The Morgan fingerprint density at radius 2 is 1.88 bits per heavy atom. The van der Waals surface area contributed by atoms with Crippen LogP contribution < -0.4 is 5.32 Å². The summed E-state index contributed by atoms with van der Waals surface area (Å²) in [5, 5.41) is 3.32. The van der Waals surface area contributed by atoms with Crippen molar-refractivity contribution in [1.29, 1.82) is 0 Å². The first-order valence-electron chi connectivity index (χ1n) is 5.22. The molecule has 0 bridgehead atoms. The maximum absolute atomic E-state index is 6.23. The Bertz CT molecular complexity index is 484. The van der Waals surface area contributed by atoms with Gasteiger partial charge in [-0.05, 0) is 38.6 Å². The molecule has 2 aromatic rings. The van der Waals surface area contributed by atoms with E-state index in [0.29, 0.717) is 0 Å². The highest BCUT2D eigenvalue weighted by molar-refractivity contribution is 7.20. The van der Waals surface area contributed by atoms with Gasteiger partial charge in [-0.2, -0.15) is 0 Å². The van der Waals surface area contributed by atoms with Gasteiger partial charge >= 0.3 is 0 Å². The zero-order valence-corrected chi connectivity index (χ0v) is 12.9.